The summed E-state index contributed by atoms with van der Waals surface area (Å²) < 4.78 is 12.1. The van der Waals surface area contributed by atoms with E-state index in [1.807, 2.05) is 6.07 Å². The first-order valence-corrected chi connectivity index (χ1v) is 8.58. The maximum Gasteiger partial charge on any atom is 0.177 e. The average Bonchev–Trinajstić information content (AvgIpc) is 3.26. The second kappa shape index (κ2) is 4.44. The summed E-state index contributed by atoms with van der Waals surface area (Å²) in [6.07, 6.45) is 6.58. The molecule has 23 heavy (non-hydrogen) atoms. The van der Waals surface area contributed by atoms with Gasteiger partial charge in [0.05, 0.1) is 23.4 Å². The molecule has 0 saturated heterocycles. The number of anilines is 1. The summed E-state index contributed by atoms with van der Waals surface area (Å²) in [6.45, 7) is 4.49. The monoisotopic (exact) mass is 307 g/mol. The first-order chi connectivity index (χ1) is 11.2. The third kappa shape index (κ3) is 1.55. The van der Waals surface area contributed by atoms with Crippen LogP contribution in [0.25, 0.3) is 11.2 Å². The molecule has 2 aliphatic rings. The molecule has 2 aromatic heterocycles. The van der Waals surface area contributed by atoms with Crippen molar-refractivity contribution in [1.29, 1.82) is 0 Å². The van der Waals surface area contributed by atoms with Crippen molar-refractivity contribution in [1.82, 2.24) is 0 Å². The van der Waals surface area contributed by atoms with Gasteiger partial charge in [0.15, 0.2) is 11.2 Å². The molecule has 1 atom stereocenters. The van der Waals surface area contributed by atoms with E-state index < -0.39 is 0 Å². The summed E-state index contributed by atoms with van der Waals surface area (Å²) in [4.78, 5) is 2.60. The molecule has 3 aromatic rings. The number of furan rings is 2. The number of hydrogen-bond acceptors (Lipinski definition) is 3. The normalized spacial score (nSPS) is 22.3. The minimum Gasteiger partial charge on any atom is -0.460 e. The van der Waals surface area contributed by atoms with E-state index in [9.17, 15) is 0 Å². The summed E-state index contributed by atoms with van der Waals surface area (Å²) in [5.41, 5.74) is 5.75. The van der Waals surface area contributed by atoms with Crippen molar-refractivity contribution in [3.63, 3.8) is 0 Å². The van der Waals surface area contributed by atoms with Gasteiger partial charge in [-0.2, -0.15) is 0 Å². The molecule has 1 aliphatic carbocycles. The largest absolute Gasteiger partial charge is 0.460 e. The number of para-hydroxylation sites is 1. The molecule has 0 unspecified atom stereocenters. The predicted molar refractivity (Wildman–Crippen MR) is 90.7 cm³/mol. The molecular weight excluding hydrogens is 286 g/mol. The van der Waals surface area contributed by atoms with Crippen LogP contribution in [0.3, 0.4) is 0 Å². The zero-order chi connectivity index (χ0) is 15.6. The zero-order valence-corrected chi connectivity index (χ0v) is 13.6. The Morgan fingerprint density at radius 1 is 1.13 bits per heavy atom. The first-order valence-electron chi connectivity index (χ1n) is 8.58. The summed E-state index contributed by atoms with van der Waals surface area (Å²) in [5.74, 6) is 1.15. The second-order valence-electron chi connectivity index (χ2n) is 7.03. The Morgan fingerprint density at radius 2 is 1.91 bits per heavy atom. The van der Waals surface area contributed by atoms with Gasteiger partial charge in [-0.05, 0) is 38.3 Å². The Balaban J connectivity index is 1.78. The van der Waals surface area contributed by atoms with E-state index in [0.29, 0.717) is 0 Å². The van der Waals surface area contributed by atoms with Crippen LogP contribution in [-0.4, -0.2) is 0 Å². The van der Waals surface area contributed by atoms with E-state index >= 15 is 0 Å². The van der Waals surface area contributed by atoms with Crippen LogP contribution in [0.4, 0.5) is 5.69 Å². The van der Waals surface area contributed by atoms with Crippen molar-refractivity contribution < 1.29 is 8.83 Å². The SMILES string of the molecule is Cc1ccccc1N1[C@@H](C)c2c(oc3ccoc23)C12CCCC2. The summed E-state index contributed by atoms with van der Waals surface area (Å²) in [7, 11) is 0. The van der Waals surface area contributed by atoms with Gasteiger partial charge in [0.1, 0.15) is 5.76 Å². The van der Waals surface area contributed by atoms with Crippen LogP contribution in [0.15, 0.2) is 45.4 Å². The van der Waals surface area contributed by atoms with Crippen molar-refractivity contribution in [3.8, 4) is 0 Å². The van der Waals surface area contributed by atoms with Crippen molar-refractivity contribution in [3.05, 3.63) is 53.5 Å². The lowest BCUT2D eigenvalue weighted by Gasteiger charge is -2.40. The molecule has 1 saturated carbocycles. The van der Waals surface area contributed by atoms with E-state index in [1.165, 1.54) is 29.7 Å². The van der Waals surface area contributed by atoms with Crippen LogP contribution in [0.1, 0.15) is 55.5 Å². The molecule has 1 spiro atoms. The molecule has 118 valence electrons. The molecule has 0 bridgehead atoms. The molecule has 3 heterocycles. The molecular formula is C20H21NO2. The minimum atomic E-state index is 0.00238. The molecule has 3 nitrogen and oxygen atoms in total. The highest BCUT2D eigenvalue weighted by Crippen LogP contribution is 2.59. The van der Waals surface area contributed by atoms with Crippen molar-refractivity contribution in [2.75, 3.05) is 4.90 Å². The van der Waals surface area contributed by atoms with Gasteiger partial charge < -0.3 is 13.7 Å². The Bertz CT molecular complexity index is 882. The lowest BCUT2D eigenvalue weighted by Crippen LogP contribution is -2.40. The number of hydrogen-bond donors (Lipinski definition) is 0. The number of fused-ring (bicyclic) bond motifs is 4. The summed E-state index contributed by atoms with van der Waals surface area (Å²) >= 11 is 0. The third-order valence-electron chi connectivity index (χ3n) is 5.82. The third-order valence-corrected chi connectivity index (χ3v) is 5.82. The van der Waals surface area contributed by atoms with Gasteiger partial charge in [-0.15, -0.1) is 0 Å². The molecule has 5 rings (SSSR count). The zero-order valence-electron chi connectivity index (χ0n) is 13.6. The van der Waals surface area contributed by atoms with E-state index in [4.69, 9.17) is 8.83 Å². The fraction of sp³-hybridized carbons (Fsp3) is 0.400. The Labute approximate surface area is 135 Å². The molecule has 3 heteroatoms. The molecule has 0 amide bonds. The highest BCUT2D eigenvalue weighted by molar-refractivity contribution is 5.81. The topological polar surface area (TPSA) is 29.5 Å². The highest BCUT2D eigenvalue weighted by atomic mass is 16.4. The van der Waals surface area contributed by atoms with Crippen LogP contribution in [0, 0.1) is 6.92 Å². The standard InChI is InChI=1S/C20H21NO2/c1-13-7-3-4-8-15(13)21-14(2)17-18-16(9-12-22-18)23-19(17)20(21)10-5-6-11-20/h3-4,7-9,12,14H,5-6,10-11H2,1-2H3/t14-/m0/s1. The van der Waals surface area contributed by atoms with Gasteiger partial charge in [-0.1, -0.05) is 31.0 Å². The fourth-order valence-corrected chi connectivity index (χ4v) is 4.88. The lowest BCUT2D eigenvalue weighted by atomic mass is 9.93. The van der Waals surface area contributed by atoms with E-state index in [-0.39, 0.29) is 11.6 Å². The van der Waals surface area contributed by atoms with Crippen LogP contribution >= 0.6 is 0 Å². The predicted octanol–water partition coefficient (Wildman–Crippen LogP) is 5.68. The Morgan fingerprint density at radius 3 is 2.70 bits per heavy atom. The van der Waals surface area contributed by atoms with Crippen LogP contribution < -0.4 is 4.90 Å². The van der Waals surface area contributed by atoms with Gasteiger partial charge in [0, 0.05) is 11.8 Å². The van der Waals surface area contributed by atoms with Crippen LogP contribution in [0.2, 0.25) is 0 Å². The summed E-state index contributed by atoms with van der Waals surface area (Å²) in [6, 6.07) is 10.9. The molecule has 0 N–H and O–H groups in total. The second-order valence-corrected chi connectivity index (χ2v) is 7.03. The maximum atomic E-state index is 6.31. The highest BCUT2D eigenvalue weighted by Gasteiger charge is 2.54. The molecule has 1 fully saturated rings. The Kier molecular flexibility index (Phi) is 2.56. The van der Waals surface area contributed by atoms with Crippen LogP contribution in [-0.2, 0) is 5.54 Å². The average molecular weight is 307 g/mol. The molecule has 1 aliphatic heterocycles. The number of nitrogens with zero attached hydrogens (tertiary/aromatic N) is 1. The van der Waals surface area contributed by atoms with Gasteiger partial charge >= 0.3 is 0 Å². The van der Waals surface area contributed by atoms with Crippen molar-refractivity contribution >= 4 is 16.9 Å². The first kappa shape index (κ1) is 13.3. The van der Waals surface area contributed by atoms with Gasteiger partial charge in [-0.3, -0.25) is 0 Å². The molecule has 0 radical (unpaired) electrons. The van der Waals surface area contributed by atoms with Gasteiger partial charge in [-0.25, -0.2) is 0 Å². The van der Waals surface area contributed by atoms with Gasteiger partial charge in [0.25, 0.3) is 0 Å². The van der Waals surface area contributed by atoms with E-state index in [1.54, 1.807) is 6.26 Å². The summed E-state index contributed by atoms with van der Waals surface area (Å²) in [5, 5.41) is 0. The smallest absolute Gasteiger partial charge is 0.177 e. The fourth-order valence-electron chi connectivity index (χ4n) is 4.88. The Hall–Kier alpha value is -2.16. The van der Waals surface area contributed by atoms with Crippen LogP contribution in [0.5, 0.6) is 0 Å². The van der Waals surface area contributed by atoms with Crippen molar-refractivity contribution in [2.24, 2.45) is 0 Å². The van der Waals surface area contributed by atoms with Crippen molar-refractivity contribution in [2.45, 2.75) is 51.1 Å². The maximum absolute atomic E-state index is 6.31. The van der Waals surface area contributed by atoms with E-state index in [2.05, 4.69) is 43.0 Å². The minimum absolute atomic E-state index is 0.00238. The lowest BCUT2D eigenvalue weighted by molar-refractivity contribution is 0.348. The quantitative estimate of drug-likeness (QED) is 0.579. The van der Waals surface area contributed by atoms with E-state index in [0.717, 1.165) is 29.8 Å². The number of rotatable bonds is 1. The number of aryl methyl sites for hydroxylation is 1. The molecule has 1 aromatic carbocycles. The number of benzene rings is 1. The van der Waals surface area contributed by atoms with Gasteiger partial charge in [0.2, 0.25) is 0 Å².